The summed E-state index contributed by atoms with van der Waals surface area (Å²) in [5, 5.41) is 2.97. The number of rotatable bonds is 6. The van der Waals surface area contributed by atoms with Crippen molar-refractivity contribution < 1.29 is 9.53 Å². The topological polar surface area (TPSA) is 67.6 Å². The number of nitrogens with two attached hydrogens (primary N) is 1. The summed E-state index contributed by atoms with van der Waals surface area (Å²) in [6, 6.07) is 12.5. The molecule has 3 rings (SSSR count). The molecule has 0 radical (unpaired) electrons. The van der Waals surface area contributed by atoms with Gasteiger partial charge in [-0.25, -0.2) is 0 Å². The van der Waals surface area contributed by atoms with Crippen molar-refractivity contribution in [1.29, 1.82) is 0 Å². The number of carbonyl (C=O) groups excluding carboxylic acids is 1. The van der Waals surface area contributed by atoms with E-state index in [1.165, 1.54) is 0 Å². The van der Waals surface area contributed by atoms with Crippen molar-refractivity contribution in [3.8, 4) is 5.75 Å². The van der Waals surface area contributed by atoms with E-state index in [9.17, 15) is 4.79 Å². The van der Waals surface area contributed by atoms with Gasteiger partial charge in [-0.1, -0.05) is 28.1 Å². The molecule has 0 saturated carbocycles. The number of piperidine rings is 1. The van der Waals surface area contributed by atoms with Gasteiger partial charge in [0.15, 0.2) is 0 Å². The maximum absolute atomic E-state index is 12.6. The maximum Gasteiger partial charge on any atom is 0.252 e. The number of ether oxygens (including phenoxy) is 1. The van der Waals surface area contributed by atoms with E-state index < -0.39 is 0 Å². The monoisotopic (exact) mass is 443 g/mol. The van der Waals surface area contributed by atoms with Crippen molar-refractivity contribution in [1.82, 2.24) is 10.2 Å². The molecule has 148 valence electrons. The Bertz CT molecular complexity index is 830. The molecule has 1 aliphatic rings. The number of nitrogens with one attached hydrogen (secondary N) is 1. The van der Waals surface area contributed by atoms with Gasteiger partial charge in [0.25, 0.3) is 5.91 Å². The van der Waals surface area contributed by atoms with Crippen LogP contribution in [0.4, 0.5) is 5.69 Å². The molecule has 0 spiro atoms. The third-order valence-corrected chi connectivity index (χ3v) is 5.48. The lowest BCUT2D eigenvalue weighted by atomic mass is 10.0. The molecule has 6 heteroatoms. The molecule has 1 fully saturated rings. The quantitative estimate of drug-likeness (QED) is 0.519. The Morgan fingerprint density at radius 3 is 2.57 bits per heavy atom. The minimum atomic E-state index is -0.365. The Labute approximate surface area is 174 Å². The molecule has 5 nitrogen and oxygen atoms in total. The fourth-order valence-electron chi connectivity index (χ4n) is 3.30. The lowest BCUT2D eigenvalue weighted by Crippen LogP contribution is -2.35. The summed E-state index contributed by atoms with van der Waals surface area (Å²) in [7, 11) is 2.13. The van der Waals surface area contributed by atoms with E-state index in [0.717, 1.165) is 41.7 Å². The van der Waals surface area contributed by atoms with Crippen LogP contribution in [0.3, 0.4) is 0 Å². The Morgan fingerprint density at radius 1 is 1.29 bits per heavy atom. The van der Waals surface area contributed by atoms with Gasteiger partial charge in [-0.15, -0.1) is 6.58 Å². The summed E-state index contributed by atoms with van der Waals surface area (Å²) in [5.41, 5.74) is 8.06. The average molecular weight is 444 g/mol. The number of likely N-dealkylation sites (tertiary alicyclic amines) is 1. The van der Waals surface area contributed by atoms with Gasteiger partial charge in [-0.05, 0) is 56.3 Å². The third kappa shape index (κ3) is 5.14. The van der Waals surface area contributed by atoms with E-state index in [0.29, 0.717) is 11.3 Å². The summed E-state index contributed by atoms with van der Waals surface area (Å²) in [5.74, 6) is 0.613. The zero-order valence-corrected chi connectivity index (χ0v) is 17.6. The van der Waals surface area contributed by atoms with E-state index in [1.54, 1.807) is 18.2 Å². The fourth-order valence-corrected chi connectivity index (χ4v) is 3.68. The minimum absolute atomic E-state index is 0.182. The van der Waals surface area contributed by atoms with Gasteiger partial charge in [-0.3, -0.25) is 4.79 Å². The molecule has 0 bridgehead atoms. The van der Waals surface area contributed by atoms with Crippen LogP contribution in [-0.4, -0.2) is 37.0 Å². The number of anilines is 1. The van der Waals surface area contributed by atoms with Crippen molar-refractivity contribution in [3.05, 3.63) is 70.7 Å². The Kier molecular flexibility index (Phi) is 6.75. The van der Waals surface area contributed by atoms with Crippen LogP contribution in [0.2, 0.25) is 0 Å². The Morgan fingerprint density at radius 2 is 1.96 bits per heavy atom. The van der Waals surface area contributed by atoms with Gasteiger partial charge in [0.1, 0.15) is 11.9 Å². The van der Waals surface area contributed by atoms with Gasteiger partial charge < -0.3 is 20.7 Å². The molecule has 1 aliphatic heterocycles. The summed E-state index contributed by atoms with van der Waals surface area (Å²) in [6.45, 7) is 5.92. The highest BCUT2D eigenvalue weighted by Gasteiger charge is 2.19. The van der Waals surface area contributed by atoms with Crippen molar-refractivity contribution in [2.24, 2.45) is 0 Å². The van der Waals surface area contributed by atoms with Crippen LogP contribution in [0.1, 0.15) is 34.8 Å². The largest absolute Gasteiger partial charge is 0.490 e. The molecule has 2 aromatic rings. The van der Waals surface area contributed by atoms with E-state index in [2.05, 4.69) is 39.8 Å². The molecular formula is C22H26BrN3O2. The van der Waals surface area contributed by atoms with Gasteiger partial charge >= 0.3 is 0 Å². The molecule has 28 heavy (non-hydrogen) atoms. The molecule has 2 aromatic carbocycles. The fraction of sp³-hybridized carbons (Fsp3) is 0.318. The molecular weight excluding hydrogens is 418 g/mol. The van der Waals surface area contributed by atoms with Crippen LogP contribution in [0.15, 0.2) is 59.6 Å². The van der Waals surface area contributed by atoms with Crippen LogP contribution < -0.4 is 15.8 Å². The first-order chi connectivity index (χ1) is 13.5. The van der Waals surface area contributed by atoms with Crippen molar-refractivity contribution in [2.45, 2.75) is 25.0 Å². The summed E-state index contributed by atoms with van der Waals surface area (Å²) in [6.07, 6.45) is 3.96. The maximum atomic E-state index is 12.6. The van der Waals surface area contributed by atoms with Crippen molar-refractivity contribution in [2.75, 3.05) is 25.9 Å². The van der Waals surface area contributed by atoms with Crippen LogP contribution in [0.25, 0.3) is 0 Å². The van der Waals surface area contributed by atoms with E-state index in [1.807, 2.05) is 30.3 Å². The predicted molar refractivity (Wildman–Crippen MR) is 117 cm³/mol. The van der Waals surface area contributed by atoms with E-state index in [4.69, 9.17) is 10.5 Å². The van der Waals surface area contributed by atoms with E-state index in [-0.39, 0.29) is 18.1 Å². The normalized spacial score (nSPS) is 16.4. The first kappa shape index (κ1) is 20.4. The third-order valence-electron chi connectivity index (χ3n) is 4.99. The molecule has 1 saturated heterocycles. The molecule has 3 N–H and O–H groups in total. The number of benzene rings is 2. The van der Waals surface area contributed by atoms with Crippen LogP contribution in [-0.2, 0) is 0 Å². The van der Waals surface area contributed by atoms with Crippen LogP contribution >= 0.6 is 15.9 Å². The number of halogens is 1. The first-order valence-corrected chi connectivity index (χ1v) is 10.2. The zero-order chi connectivity index (χ0) is 20.1. The Hall–Kier alpha value is -2.31. The highest BCUT2D eigenvalue weighted by molar-refractivity contribution is 9.10. The predicted octanol–water partition coefficient (Wildman–Crippen LogP) is 4.16. The summed E-state index contributed by atoms with van der Waals surface area (Å²) < 4.78 is 6.93. The minimum Gasteiger partial charge on any atom is -0.490 e. The number of nitrogen functional groups attached to an aromatic ring is 1. The number of hydrogen-bond acceptors (Lipinski definition) is 4. The average Bonchev–Trinajstić information content (AvgIpc) is 2.69. The smallest absolute Gasteiger partial charge is 0.252 e. The number of hydrogen-bond donors (Lipinski definition) is 2. The second-order valence-electron chi connectivity index (χ2n) is 7.10. The Balaban J connectivity index is 1.62. The molecule has 0 aromatic heterocycles. The SMILES string of the molecule is C=CC(NC(=O)c1ccc(OC2CCN(C)CC2)cc1)c1ccc(Br)cc1N. The summed E-state index contributed by atoms with van der Waals surface area (Å²) in [4.78, 5) is 15.0. The van der Waals surface area contributed by atoms with Gasteiger partial charge in [0.05, 0.1) is 6.04 Å². The van der Waals surface area contributed by atoms with Gasteiger partial charge in [-0.2, -0.15) is 0 Å². The number of amides is 1. The van der Waals surface area contributed by atoms with Gasteiger partial charge in [0.2, 0.25) is 0 Å². The lowest BCUT2D eigenvalue weighted by Gasteiger charge is -2.29. The zero-order valence-electron chi connectivity index (χ0n) is 16.0. The number of carbonyl (C=O) groups is 1. The lowest BCUT2D eigenvalue weighted by molar-refractivity contribution is 0.0944. The first-order valence-electron chi connectivity index (χ1n) is 9.40. The molecule has 1 atom stereocenters. The second-order valence-corrected chi connectivity index (χ2v) is 8.02. The van der Waals surface area contributed by atoms with Crippen molar-refractivity contribution >= 4 is 27.5 Å². The van der Waals surface area contributed by atoms with Gasteiger partial charge in [0, 0.05) is 34.4 Å². The molecule has 0 aliphatic carbocycles. The second kappa shape index (κ2) is 9.26. The standard InChI is InChI=1S/C22H26BrN3O2/c1-3-21(19-9-6-16(23)14-20(19)24)25-22(27)15-4-7-17(8-5-15)28-18-10-12-26(2)13-11-18/h3-9,14,18,21H,1,10-13,24H2,2H3,(H,25,27). The molecule has 1 heterocycles. The van der Waals surface area contributed by atoms with E-state index >= 15 is 0 Å². The highest BCUT2D eigenvalue weighted by Crippen LogP contribution is 2.25. The van der Waals surface area contributed by atoms with Crippen molar-refractivity contribution in [3.63, 3.8) is 0 Å². The number of nitrogens with zero attached hydrogens (tertiary/aromatic N) is 1. The summed E-state index contributed by atoms with van der Waals surface area (Å²) >= 11 is 3.39. The molecule has 1 unspecified atom stereocenters. The highest BCUT2D eigenvalue weighted by atomic mass is 79.9. The molecule has 1 amide bonds. The van der Waals surface area contributed by atoms with Crippen LogP contribution in [0, 0.1) is 0 Å². The van der Waals surface area contributed by atoms with Crippen LogP contribution in [0.5, 0.6) is 5.75 Å².